The Labute approximate surface area is 156 Å². The Kier molecular flexibility index (Phi) is 5.99. The maximum atomic E-state index is 12.6. The third kappa shape index (κ3) is 4.84. The first-order chi connectivity index (χ1) is 12.3. The van der Waals surface area contributed by atoms with E-state index in [2.05, 4.69) is 11.8 Å². The van der Waals surface area contributed by atoms with Crippen molar-refractivity contribution in [3.8, 4) is 0 Å². The summed E-state index contributed by atoms with van der Waals surface area (Å²) < 4.78 is 24.7. The molecular formula is C19H29N3O3S. The lowest BCUT2D eigenvalue weighted by atomic mass is 9.98. The van der Waals surface area contributed by atoms with Gasteiger partial charge in [0.2, 0.25) is 10.0 Å². The van der Waals surface area contributed by atoms with E-state index in [0.29, 0.717) is 19.0 Å². The van der Waals surface area contributed by atoms with E-state index in [1.54, 1.807) is 0 Å². The van der Waals surface area contributed by atoms with E-state index < -0.39 is 10.0 Å². The molecule has 0 N–H and O–H groups in total. The van der Waals surface area contributed by atoms with E-state index in [0.717, 1.165) is 56.7 Å². The number of likely N-dealkylation sites (tertiary alicyclic amines) is 1. The van der Waals surface area contributed by atoms with Crippen molar-refractivity contribution in [1.29, 1.82) is 0 Å². The van der Waals surface area contributed by atoms with Crippen molar-refractivity contribution in [2.24, 2.45) is 5.92 Å². The van der Waals surface area contributed by atoms with Crippen LogP contribution in [0.5, 0.6) is 0 Å². The molecule has 0 unspecified atom stereocenters. The van der Waals surface area contributed by atoms with Crippen LogP contribution in [0.4, 0.5) is 0 Å². The molecule has 2 aliphatic rings. The molecule has 2 saturated heterocycles. The number of piperazine rings is 1. The Hall–Kier alpha value is -1.44. The van der Waals surface area contributed by atoms with Gasteiger partial charge in [0.15, 0.2) is 0 Å². The highest BCUT2D eigenvalue weighted by atomic mass is 32.2. The molecule has 7 heteroatoms. The number of nitrogens with zero attached hydrogens (tertiary/aromatic N) is 3. The number of rotatable bonds is 4. The predicted molar refractivity (Wildman–Crippen MR) is 102 cm³/mol. The normalized spacial score (nSPS) is 21.1. The second-order valence-corrected chi connectivity index (χ2v) is 9.59. The lowest BCUT2D eigenvalue weighted by molar-refractivity contribution is 0.0697. The van der Waals surface area contributed by atoms with Crippen LogP contribution in [0.15, 0.2) is 24.3 Å². The van der Waals surface area contributed by atoms with Gasteiger partial charge in [-0.1, -0.05) is 19.1 Å². The van der Waals surface area contributed by atoms with Gasteiger partial charge in [0, 0.05) is 51.4 Å². The van der Waals surface area contributed by atoms with Crippen molar-refractivity contribution < 1.29 is 13.2 Å². The van der Waals surface area contributed by atoms with Gasteiger partial charge < -0.3 is 4.90 Å². The number of carbonyl (C=O) groups excluding carboxylic acids is 1. The van der Waals surface area contributed by atoms with E-state index in [1.807, 2.05) is 29.2 Å². The molecule has 3 rings (SSSR count). The van der Waals surface area contributed by atoms with E-state index in [9.17, 15) is 13.2 Å². The summed E-state index contributed by atoms with van der Waals surface area (Å²) in [6.07, 6.45) is 3.44. The lowest BCUT2D eigenvalue weighted by Crippen LogP contribution is -2.47. The number of carbonyl (C=O) groups is 1. The van der Waals surface area contributed by atoms with E-state index in [1.165, 1.54) is 10.6 Å². The summed E-state index contributed by atoms with van der Waals surface area (Å²) in [4.78, 5) is 16.8. The van der Waals surface area contributed by atoms with Gasteiger partial charge in [0.1, 0.15) is 0 Å². The minimum Gasteiger partial charge on any atom is -0.339 e. The van der Waals surface area contributed by atoms with Crippen LogP contribution in [-0.2, 0) is 16.6 Å². The fourth-order valence-electron chi connectivity index (χ4n) is 3.62. The van der Waals surface area contributed by atoms with Crippen LogP contribution in [0.3, 0.4) is 0 Å². The number of hydrogen-bond donors (Lipinski definition) is 0. The first-order valence-corrected chi connectivity index (χ1v) is 11.2. The molecule has 2 fully saturated rings. The fraction of sp³-hybridized carbons (Fsp3) is 0.632. The average molecular weight is 380 g/mol. The minimum atomic E-state index is -3.09. The Morgan fingerprint density at radius 2 is 1.58 bits per heavy atom. The van der Waals surface area contributed by atoms with Gasteiger partial charge >= 0.3 is 0 Å². The summed E-state index contributed by atoms with van der Waals surface area (Å²) in [5.41, 5.74) is 1.91. The van der Waals surface area contributed by atoms with Gasteiger partial charge in [0.05, 0.1) is 6.26 Å². The maximum Gasteiger partial charge on any atom is 0.253 e. The highest BCUT2D eigenvalue weighted by Crippen LogP contribution is 2.19. The van der Waals surface area contributed by atoms with Gasteiger partial charge in [-0.05, 0) is 36.5 Å². The van der Waals surface area contributed by atoms with Crippen molar-refractivity contribution in [2.45, 2.75) is 26.3 Å². The molecular weight excluding hydrogens is 350 g/mol. The molecule has 2 aliphatic heterocycles. The monoisotopic (exact) mass is 379 g/mol. The zero-order valence-corrected chi connectivity index (χ0v) is 16.5. The second kappa shape index (κ2) is 8.06. The number of amides is 1. The molecule has 0 radical (unpaired) electrons. The van der Waals surface area contributed by atoms with Crippen LogP contribution >= 0.6 is 0 Å². The van der Waals surface area contributed by atoms with Crippen LogP contribution in [0.1, 0.15) is 35.7 Å². The fourth-order valence-corrected chi connectivity index (χ4v) is 4.45. The third-order valence-corrected chi connectivity index (χ3v) is 6.78. The summed E-state index contributed by atoms with van der Waals surface area (Å²) in [5, 5.41) is 0. The molecule has 26 heavy (non-hydrogen) atoms. The Balaban J connectivity index is 1.53. The molecule has 0 bridgehead atoms. The summed E-state index contributed by atoms with van der Waals surface area (Å²) >= 11 is 0. The van der Waals surface area contributed by atoms with Crippen LogP contribution in [0.25, 0.3) is 0 Å². The third-order valence-electron chi connectivity index (χ3n) is 5.48. The van der Waals surface area contributed by atoms with Crippen molar-refractivity contribution >= 4 is 15.9 Å². The number of hydrogen-bond acceptors (Lipinski definition) is 4. The van der Waals surface area contributed by atoms with Gasteiger partial charge in [-0.2, -0.15) is 4.31 Å². The van der Waals surface area contributed by atoms with Crippen molar-refractivity contribution in [1.82, 2.24) is 14.1 Å². The molecule has 0 atom stereocenters. The van der Waals surface area contributed by atoms with E-state index in [-0.39, 0.29) is 5.91 Å². The molecule has 144 valence electrons. The summed E-state index contributed by atoms with van der Waals surface area (Å²) in [6, 6.07) is 7.87. The topological polar surface area (TPSA) is 60.9 Å². The SMILES string of the molecule is CC1CCN(C(=O)c2ccc(CN3CCN(S(C)(=O)=O)CC3)cc2)CC1. The van der Waals surface area contributed by atoms with Crippen LogP contribution in [0.2, 0.25) is 0 Å². The molecule has 1 aromatic carbocycles. The molecule has 2 heterocycles. The molecule has 1 amide bonds. The van der Waals surface area contributed by atoms with Gasteiger partial charge in [-0.3, -0.25) is 9.69 Å². The van der Waals surface area contributed by atoms with Crippen molar-refractivity contribution in [3.63, 3.8) is 0 Å². The summed E-state index contributed by atoms with van der Waals surface area (Å²) in [6.45, 7) is 7.30. The van der Waals surface area contributed by atoms with E-state index in [4.69, 9.17) is 0 Å². The Morgan fingerprint density at radius 1 is 1.00 bits per heavy atom. The molecule has 6 nitrogen and oxygen atoms in total. The quantitative estimate of drug-likeness (QED) is 0.798. The number of piperidine rings is 1. The van der Waals surface area contributed by atoms with Crippen LogP contribution in [0, 0.1) is 5.92 Å². The Bertz CT molecular complexity index is 717. The van der Waals surface area contributed by atoms with Gasteiger partial charge in [0.25, 0.3) is 5.91 Å². The van der Waals surface area contributed by atoms with Crippen molar-refractivity contribution in [3.05, 3.63) is 35.4 Å². The average Bonchev–Trinajstić information content (AvgIpc) is 2.62. The lowest BCUT2D eigenvalue weighted by Gasteiger charge is -2.33. The number of benzene rings is 1. The standard InChI is InChI=1S/C19H29N3O3S/c1-16-7-9-21(10-8-16)19(23)18-5-3-17(4-6-18)15-20-11-13-22(14-12-20)26(2,24)25/h3-6,16H,7-15H2,1-2H3. The smallest absolute Gasteiger partial charge is 0.253 e. The van der Waals surface area contributed by atoms with Crippen LogP contribution in [-0.4, -0.2) is 74.0 Å². The highest BCUT2D eigenvalue weighted by Gasteiger charge is 2.24. The molecule has 0 spiro atoms. The molecule has 0 aliphatic carbocycles. The first-order valence-electron chi connectivity index (χ1n) is 9.38. The molecule has 0 saturated carbocycles. The predicted octanol–water partition coefficient (Wildman–Crippen LogP) is 1.64. The van der Waals surface area contributed by atoms with E-state index >= 15 is 0 Å². The van der Waals surface area contributed by atoms with Gasteiger partial charge in [-0.15, -0.1) is 0 Å². The summed E-state index contributed by atoms with van der Waals surface area (Å²) in [7, 11) is -3.09. The number of sulfonamides is 1. The zero-order chi connectivity index (χ0) is 18.7. The summed E-state index contributed by atoms with van der Waals surface area (Å²) in [5.74, 6) is 0.842. The largest absolute Gasteiger partial charge is 0.339 e. The highest BCUT2D eigenvalue weighted by molar-refractivity contribution is 7.88. The maximum absolute atomic E-state index is 12.6. The van der Waals surface area contributed by atoms with Crippen molar-refractivity contribution in [2.75, 3.05) is 45.5 Å². The van der Waals surface area contributed by atoms with Crippen LogP contribution < -0.4 is 0 Å². The molecule has 0 aromatic heterocycles. The second-order valence-electron chi connectivity index (χ2n) is 7.61. The molecule has 1 aromatic rings. The Morgan fingerprint density at radius 3 is 2.12 bits per heavy atom. The zero-order valence-electron chi connectivity index (χ0n) is 15.7. The minimum absolute atomic E-state index is 0.130. The van der Waals surface area contributed by atoms with Gasteiger partial charge in [-0.25, -0.2) is 8.42 Å². The first kappa shape index (κ1) is 19.3.